The summed E-state index contributed by atoms with van der Waals surface area (Å²) in [5, 5.41) is 3.98. The molecule has 0 aromatic carbocycles. The van der Waals surface area contributed by atoms with Crippen LogP contribution in [0.25, 0.3) is 0 Å². The number of esters is 1. The second-order valence-electron chi connectivity index (χ2n) is 6.67. The molecule has 148 valence electrons. The number of hydrazone groups is 1. The first kappa shape index (κ1) is 19.6. The molecule has 28 heavy (non-hydrogen) atoms. The number of carbonyl (C=O) groups is 2. The van der Waals surface area contributed by atoms with E-state index >= 15 is 0 Å². The Hall–Kier alpha value is -3.16. The maximum Gasteiger partial charge on any atom is 0.309 e. The molecule has 3 heterocycles. The number of amides is 1. The van der Waals surface area contributed by atoms with Gasteiger partial charge in [0.25, 0.3) is 5.91 Å². The molecule has 3 rings (SSSR count). The molecular weight excluding hydrogens is 358 g/mol. The molecule has 0 saturated carbocycles. The third-order valence-corrected chi connectivity index (χ3v) is 4.77. The molecule has 1 aliphatic heterocycles. The largest absolute Gasteiger partial charge is 0.466 e. The van der Waals surface area contributed by atoms with Gasteiger partial charge in [-0.25, -0.2) is 10.4 Å². The van der Waals surface area contributed by atoms with Crippen LogP contribution in [-0.4, -0.2) is 47.3 Å². The number of pyridine rings is 1. The number of nitrogens with one attached hydrogen (secondary N) is 1. The number of rotatable bonds is 6. The molecule has 1 aliphatic rings. The standard InChI is InChI=1S/C20H25N5O3/c1-3-28-20(27)16-8-11-25(12-9-16)18-7-6-15(13-21-18)14-22-23-19(26)17-5-4-10-24(17)2/h4-7,10,13-14,16H,3,8-9,11-12H2,1-2H3,(H,23,26)/b22-14-. The monoisotopic (exact) mass is 383 g/mol. The van der Waals surface area contributed by atoms with Crippen LogP contribution in [0.5, 0.6) is 0 Å². The van der Waals surface area contributed by atoms with E-state index in [-0.39, 0.29) is 17.8 Å². The zero-order valence-corrected chi connectivity index (χ0v) is 16.2. The van der Waals surface area contributed by atoms with Crippen LogP contribution in [0.15, 0.2) is 41.8 Å². The van der Waals surface area contributed by atoms with E-state index in [2.05, 4.69) is 20.4 Å². The number of piperidine rings is 1. The Morgan fingerprint density at radius 2 is 2.11 bits per heavy atom. The first-order valence-corrected chi connectivity index (χ1v) is 9.41. The predicted molar refractivity (Wildman–Crippen MR) is 106 cm³/mol. The smallest absolute Gasteiger partial charge is 0.309 e. The van der Waals surface area contributed by atoms with Crippen LogP contribution in [-0.2, 0) is 16.6 Å². The van der Waals surface area contributed by atoms with E-state index in [9.17, 15) is 9.59 Å². The summed E-state index contributed by atoms with van der Waals surface area (Å²) in [5.41, 5.74) is 3.83. The number of hydrogen-bond acceptors (Lipinski definition) is 6. The predicted octanol–water partition coefficient (Wildman–Crippen LogP) is 1.96. The molecule has 0 spiro atoms. The Labute approximate surface area is 164 Å². The Kier molecular flexibility index (Phi) is 6.41. The molecule has 8 heteroatoms. The fourth-order valence-corrected chi connectivity index (χ4v) is 3.19. The topological polar surface area (TPSA) is 88.8 Å². The van der Waals surface area contributed by atoms with E-state index in [1.807, 2.05) is 19.1 Å². The van der Waals surface area contributed by atoms with Crippen LogP contribution in [0.4, 0.5) is 5.82 Å². The maximum absolute atomic E-state index is 12.0. The normalized spacial score (nSPS) is 15.0. The molecule has 1 saturated heterocycles. The summed E-state index contributed by atoms with van der Waals surface area (Å²) in [5.74, 6) is 0.486. The van der Waals surface area contributed by atoms with Crippen LogP contribution >= 0.6 is 0 Å². The molecule has 1 N–H and O–H groups in total. The number of carbonyl (C=O) groups excluding carboxylic acids is 2. The zero-order chi connectivity index (χ0) is 19.9. The van der Waals surface area contributed by atoms with Crippen LogP contribution in [0.3, 0.4) is 0 Å². The molecule has 2 aromatic heterocycles. The Balaban J connectivity index is 1.51. The summed E-state index contributed by atoms with van der Waals surface area (Å²) >= 11 is 0. The van der Waals surface area contributed by atoms with Crippen molar-refractivity contribution in [2.24, 2.45) is 18.1 Å². The van der Waals surface area contributed by atoms with Crippen LogP contribution in [0.1, 0.15) is 35.8 Å². The van der Waals surface area contributed by atoms with Crippen LogP contribution < -0.4 is 10.3 Å². The molecule has 0 unspecified atom stereocenters. The Morgan fingerprint density at radius 3 is 2.71 bits per heavy atom. The van der Waals surface area contributed by atoms with Crippen molar-refractivity contribution in [3.8, 4) is 0 Å². The van der Waals surface area contributed by atoms with E-state index in [4.69, 9.17) is 4.74 Å². The third-order valence-electron chi connectivity index (χ3n) is 4.77. The van der Waals surface area contributed by atoms with Crippen molar-refractivity contribution >= 4 is 23.9 Å². The van der Waals surface area contributed by atoms with Crippen molar-refractivity contribution in [3.05, 3.63) is 47.9 Å². The molecule has 2 aromatic rings. The molecule has 1 amide bonds. The van der Waals surface area contributed by atoms with Gasteiger partial charge in [-0.2, -0.15) is 5.10 Å². The minimum atomic E-state index is -0.266. The lowest BCUT2D eigenvalue weighted by Crippen LogP contribution is -2.37. The van der Waals surface area contributed by atoms with Crippen LogP contribution in [0, 0.1) is 5.92 Å². The Morgan fingerprint density at radius 1 is 1.32 bits per heavy atom. The van der Waals surface area contributed by atoms with Gasteiger partial charge in [-0.1, -0.05) is 0 Å². The summed E-state index contributed by atoms with van der Waals surface area (Å²) in [6.45, 7) is 3.80. The maximum atomic E-state index is 12.0. The minimum Gasteiger partial charge on any atom is -0.466 e. The van der Waals surface area contributed by atoms with Gasteiger partial charge in [0.05, 0.1) is 18.7 Å². The van der Waals surface area contributed by atoms with E-state index in [1.54, 1.807) is 42.4 Å². The van der Waals surface area contributed by atoms with E-state index in [0.717, 1.165) is 37.3 Å². The van der Waals surface area contributed by atoms with E-state index in [1.165, 1.54) is 0 Å². The highest BCUT2D eigenvalue weighted by Crippen LogP contribution is 2.22. The molecule has 8 nitrogen and oxygen atoms in total. The summed E-state index contributed by atoms with van der Waals surface area (Å²) in [6.07, 6.45) is 6.62. The van der Waals surface area contributed by atoms with Gasteiger partial charge in [0.2, 0.25) is 0 Å². The SMILES string of the molecule is CCOC(=O)C1CCN(c2ccc(/C=N\NC(=O)c3cccn3C)cn2)CC1. The number of nitrogens with zero attached hydrogens (tertiary/aromatic N) is 4. The van der Waals surface area contributed by atoms with E-state index in [0.29, 0.717) is 12.3 Å². The fourth-order valence-electron chi connectivity index (χ4n) is 3.19. The number of aromatic nitrogens is 2. The van der Waals surface area contributed by atoms with Crippen LogP contribution in [0.2, 0.25) is 0 Å². The highest BCUT2D eigenvalue weighted by Gasteiger charge is 2.26. The quantitative estimate of drug-likeness (QED) is 0.468. The number of ether oxygens (including phenoxy) is 1. The van der Waals surface area contributed by atoms with Crippen molar-refractivity contribution < 1.29 is 14.3 Å². The summed E-state index contributed by atoms with van der Waals surface area (Å²) in [4.78, 5) is 30.5. The second-order valence-corrected chi connectivity index (χ2v) is 6.67. The van der Waals surface area contributed by atoms with Gasteiger partial charge < -0.3 is 14.2 Å². The van der Waals surface area contributed by atoms with Crippen molar-refractivity contribution in [2.75, 3.05) is 24.6 Å². The van der Waals surface area contributed by atoms with Gasteiger partial charge in [0.15, 0.2) is 0 Å². The average molecular weight is 383 g/mol. The lowest BCUT2D eigenvalue weighted by atomic mass is 9.97. The second kappa shape index (κ2) is 9.16. The number of anilines is 1. The molecule has 0 aliphatic carbocycles. The van der Waals surface area contributed by atoms with Gasteiger partial charge in [0.1, 0.15) is 11.5 Å². The molecule has 0 radical (unpaired) electrons. The highest BCUT2D eigenvalue weighted by atomic mass is 16.5. The molecule has 0 bridgehead atoms. The lowest BCUT2D eigenvalue weighted by molar-refractivity contribution is -0.148. The Bertz CT molecular complexity index is 836. The molecule has 1 fully saturated rings. The third kappa shape index (κ3) is 4.76. The fraction of sp³-hybridized carbons (Fsp3) is 0.400. The van der Waals surface area contributed by atoms with Crippen molar-refractivity contribution in [1.82, 2.24) is 15.0 Å². The van der Waals surface area contributed by atoms with Gasteiger partial charge in [-0.05, 0) is 44.0 Å². The van der Waals surface area contributed by atoms with Gasteiger partial charge >= 0.3 is 5.97 Å². The van der Waals surface area contributed by atoms with E-state index < -0.39 is 0 Å². The number of hydrogen-bond donors (Lipinski definition) is 1. The van der Waals surface area contributed by atoms with Crippen molar-refractivity contribution in [3.63, 3.8) is 0 Å². The minimum absolute atomic E-state index is 0.0181. The van der Waals surface area contributed by atoms with Crippen molar-refractivity contribution in [2.45, 2.75) is 19.8 Å². The van der Waals surface area contributed by atoms with Gasteiger partial charge in [-0.3, -0.25) is 9.59 Å². The zero-order valence-electron chi connectivity index (χ0n) is 16.2. The average Bonchev–Trinajstić information content (AvgIpc) is 3.15. The number of aryl methyl sites for hydroxylation is 1. The lowest BCUT2D eigenvalue weighted by Gasteiger charge is -2.31. The first-order chi connectivity index (χ1) is 13.6. The summed E-state index contributed by atoms with van der Waals surface area (Å²) < 4.78 is 6.83. The van der Waals surface area contributed by atoms with Gasteiger partial charge in [0, 0.05) is 38.1 Å². The highest BCUT2D eigenvalue weighted by molar-refractivity contribution is 5.93. The molecule has 0 atom stereocenters. The summed E-state index contributed by atoms with van der Waals surface area (Å²) in [6, 6.07) is 7.35. The first-order valence-electron chi connectivity index (χ1n) is 9.41. The molecular formula is C20H25N5O3. The summed E-state index contributed by atoms with van der Waals surface area (Å²) in [7, 11) is 1.80. The van der Waals surface area contributed by atoms with Crippen molar-refractivity contribution in [1.29, 1.82) is 0 Å². The van der Waals surface area contributed by atoms with Gasteiger partial charge in [-0.15, -0.1) is 0 Å².